The van der Waals surface area contributed by atoms with Gasteiger partial charge in [-0.05, 0) is 68.4 Å². The third-order valence-corrected chi connectivity index (χ3v) is 6.07. The highest BCUT2D eigenvalue weighted by Crippen LogP contribution is 2.30. The number of non-ortho nitro benzene ring substituents is 1. The van der Waals surface area contributed by atoms with Crippen molar-refractivity contribution in [1.29, 1.82) is 0 Å². The number of piperidine rings is 1. The van der Waals surface area contributed by atoms with E-state index in [9.17, 15) is 19.7 Å². The summed E-state index contributed by atoms with van der Waals surface area (Å²) in [6, 6.07) is 15.1. The lowest BCUT2D eigenvalue weighted by Crippen LogP contribution is -2.34. The first-order chi connectivity index (χ1) is 18.4. The fraction of sp³-hybridized carbons (Fsp3) is 0.259. The molecule has 38 heavy (non-hydrogen) atoms. The van der Waals surface area contributed by atoms with Crippen LogP contribution in [0.15, 0.2) is 60.7 Å². The minimum atomic E-state index is -0.597. The maximum absolute atomic E-state index is 13.4. The molecule has 1 saturated heterocycles. The van der Waals surface area contributed by atoms with Gasteiger partial charge < -0.3 is 30.2 Å². The van der Waals surface area contributed by atoms with Crippen LogP contribution in [0.2, 0.25) is 0 Å². The fourth-order valence-electron chi connectivity index (χ4n) is 4.02. The van der Waals surface area contributed by atoms with Gasteiger partial charge in [-0.3, -0.25) is 19.7 Å². The summed E-state index contributed by atoms with van der Waals surface area (Å²) >= 11 is 0. The molecular weight excluding hydrogens is 492 g/mol. The number of methoxy groups -OCH3 is 2. The van der Waals surface area contributed by atoms with Gasteiger partial charge in [0.15, 0.2) is 0 Å². The fourth-order valence-corrected chi connectivity index (χ4v) is 4.02. The second-order valence-electron chi connectivity index (χ2n) is 8.55. The molecule has 0 saturated carbocycles. The summed E-state index contributed by atoms with van der Waals surface area (Å²) < 4.78 is 16.6. The van der Waals surface area contributed by atoms with Crippen molar-refractivity contribution < 1.29 is 28.7 Å². The molecule has 3 aromatic carbocycles. The predicted molar refractivity (Wildman–Crippen MR) is 142 cm³/mol. The maximum atomic E-state index is 13.4. The van der Waals surface area contributed by atoms with E-state index in [4.69, 9.17) is 14.2 Å². The van der Waals surface area contributed by atoms with Crippen molar-refractivity contribution in [2.24, 2.45) is 0 Å². The van der Waals surface area contributed by atoms with E-state index in [1.165, 1.54) is 26.4 Å². The van der Waals surface area contributed by atoms with Crippen LogP contribution in [0.1, 0.15) is 33.6 Å². The van der Waals surface area contributed by atoms with E-state index in [1.807, 2.05) is 0 Å². The van der Waals surface area contributed by atoms with Crippen LogP contribution in [-0.2, 0) is 0 Å². The maximum Gasteiger partial charge on any atom is 0.271 e. The van der Waals surface area contributed by atoms with Gasteiger partial charge in [-0.1, -0.05) is 0 Å². The summed E-state index contributed by atoms with van der Waals surface area (Å²) in [5.74, 6) is 0.314. The average Bonchev–Trinajstić information content (AvgIpc) is 2.93. The van der Waals surface area contributed by atoms with E-state index in [0.29, 0.717) is 22.9 Å². The highest BCUT2D eigenvalue weighted by molar-refractivity contribution is 6.13. The summed E-state index contributed by atoms with van der Waals surface area (Å²) in [4.78, 5) is 37.3. The van der Waals surface area contributed by atoms with E-state index in [2.05, 4.69) is 16.0 Å². The first kappa shape index (κ1) is 26.4. The summed E-state index contributed by atoms with van der Waals surface area (Å²) in [7, 11) is 3.05. The molecule has 0 spiro atoms. The highest BCUT2D eigenvalue weighted by atomic mass is 16.6. The Hall–Kier alpha value is -4.64. The van der Waals surface area contributed by atoms with E-state index >= 15 is 0 Å². The molecule has 0 aliphatic carbocycles. The van der Waals surface area contributed by atoms with Gasteiger partial charge in [-0.2, -0.15) is 0 Å². The Kier molecular flexibility index (Phi) is 8.39. The van der Waals surface area contributed by atoms with Crippen LogP contribution in [-0.4, -0.2) is 50.2 Å². The molecule has 11 nitrogen and oxygen atoms in total. The lowest BCUT2D eigenvalue weighted by molar-refractivity contribution is -0.384. The van der Waals surface area contributed by atoms with Gasteiger partial charge in [0.05, 0.1) is 36.0 Å². The van der Waals surface area contributed by atoms with Crippen molar-refractivity contribution in [3.63, 3.8) is 0 Å². The minimum Gasteiger partial charge on any atom is -0.497 e. The van der Waals surface area contributed by atoms with Gasteiger partial charge in [0.25, 0.3) is 17.5 Å². The number of hydrogen-bond acceptors (Lipinski definition) is 8. The molecule has 3 aromatic rings. The van der Waals surface area contributed by atoms with E-state index in [0.717, 1.165) is 32.0 Å². The highest BCUT2D eigenvalue weighted by Gasteiger charge is 2.23. The average molecular weight is 521 g/mol. The van der Waals surface area contributed by atoms with Crippen molar-refractivity contribution in [2.75, 3.05) is 37.9 Å². The third kappa shape index (κ3) is 6.37. The quantitative estimate of drug-likeness (QED) is 0.281. The molecule has 0 radical (unpaired) electrons. The summed E-state index contributed by atoms with van der Waals surface area (Å²) in [6.45, 7) is 1.60. The number of nitrogens with one attached hydrogen (secondary N) is 3. The van der Waals surface area contributed by atoms with Crippen molar-refractivity contribution in [3.05, 3.63) is 81.9 Å². The Morgan fingerprint density at radius 2 is 1.50 bits per heavy atom. The Bertz CT molecular complexity index is 1320. The zero-order valence-electron chi connectivity index (χ0n) is 21.0. The molecule has 198 valence electrons. The number of hydrogen-bond donors (Lipinski definition) is 3. The number of carbonyl (C=O) groups excluding carboxylic acids is 2. The lowest BCUT2D eigenvalue weighted by atomic mass is 10.1. The Morgan fingerprint density at radius 1 is 0.868 bits per heavy atom. The lowest BCUT2D eigenvalue weighted by Gasteiger charge is -2.25. The third-order valence-electron chi connectivity index (χ3n) is 6.07. The van der Waals surface area contributed by atoms with E-state index in [1.54, 1.807) is 42.5 Å². The summed E-state index contributed by atoms with van der Waals surface area (Å²) in [5.41, 5.74) is 0.451. The van der Waals surface area contributed by atoms with Crippen molar-refractivity contribution in [1.82, 2.24) is 5.32 Å². The smallest absolute Gasteiger partial charge is 0.271 e. The van der Waals surface area contributed by atoms with Gasteiger partial charge >= 0.3 is 0 Å². The Morgan fingerprint density at radius 3 is 2.16 bits per heavy atom. The molecule has 0 bridgehead atoms. The molecular formula is C27H28N4O7. The van der Waals surface area contributed by atoms with Crippen LogP contribution >= 0.6 is 0 Å². The number of nitro benzene ring substituents is 1. The number of benzene rings is 3. The second kappa shape index (κ2) is 12.1. The second-order valence-corrected chi connectivity index (χ2v) is 8.55. The predicted octanol–water partition coefficient (Wildman–Crippen LogP) is 4.25. The molecule has 1 aliphatic heterocycles. The van der Waals surface area contributed by atoms with Gasteiger partial charge in [0.1, 0.15) is 23.4 Å². The number of ether oxygens (including phenoxy) is 3. The Labute approximate surface area is 219 Å². The van der Waals surface area contributed by atoms with Crippen molar-refractivity contribution in [2.45, 2.75) is 18.9 Å². The van der Waals surface area contributed by atoms with Gasteiger partial charge in [0.2, 0.25) is 0 Å². The molecule has 0 aromatic heterocycles. The van der Waals surface area contributed by atoms with Gasteiger partial charge in [0, 0.05) is 23.9 Å². The number of rotatable bonds is 9. The minimum absolute atomic E-state index is 0.0150. The monoisotopic (exact) mass is 520 g/mol. The summed E-state index contributed by atoms with van der Waals surface area (Å²) in [5, 5.41) is 20.1. The SMILES string of the molecule is COc1ccc(NC(=O)c2ccc([N+](=O)[O-])cc2NC(=O)c2ccc(OC)cc2OC2CCNCC2)cc1. The number of nitrogens with zero attached hydrogens (tertiary/aromatic N) is 1. The molecule has 1 aliphatic rings. The van der Waals surface area contributed by atoms with Crippen LogP contribution < -0.4 is 30.2 Å². The van der Waals surface area contributed by atoms with E-state index in [-0.39, 0.29) is 28.6 Å². The number of anilines is 2. The molecule has 2 amide bonds. The Balaban J connectivity index is 1.62. The van der Waals surface area contributed by atoms with Crippen LogP contribution in [0.4, 0.5) is 17.1 Å². The van der Waals surface area contributed by atoms with Crippen LogP contribution in [0.25, 0.3) is 0 Å². The molecule has 3 N–H and O–H groups in total. The first-order valence-electron chi connectivity index (χ1n) is 12.0. The van der Waals surface area contributed by atoms with Crippen LogP contribution in [0.5, 0.6) is 17.2 Å². The van der Waals surface area contributed by atoms with Crippen LogP contribution in [0, 0.1) is 10.1 Å². The van der Waals surface area contributed by atoms with Gasteiger partial charge in [-0.25, -0.2) is 0 Å². The standard InChI is InChI=1S/C27H28N4O7/c1-36-19-6-3-17(4-7-19)29-26(32)22-9-5-18(31(34)35)15-24(22)30-27(33)23-10-8-21(37-2)16-25(23)38-20-11-13-28-14-12-20/h3-10,15-16,20,28H,11-14H2,1-2H3,(H,29,32)(H,30,33). The van der Waals surface area contributed by atoms with Crippen LogP contribution in [0.3, 0.4) is 0 Å². The molecule has 0 unspecified atom stereocenters. The normalized spacial score (nSPS) is 13.3. The largest absolute Gasteiger partial charge is 0.497 e. The molecule has 4 rings (SSSR count). The first-order valence-corrected chi connectivity index (χ1v) is 12.0. The topological polar surface area (TPSA) is 141 Å². The molecule has 0 atom stereocenters. The number of carbonyl (C=O) groups is 2. The van der Waals surface area contributed by atoms with Crippen molar-refractivity contribution >= 4 is 28.9 Å². The zero-order valence-corrected chi connectivity index (χ0v) is 21.0. The van der Waals surface area contributed by atoms with Crippen molar-refractivity contribution in [3.8, 4) is 17.2 Å². The molecule has 1 heterocycles. The number of nitro groups is 1. The summed E-state index contributed by atoms with van der Waals surface area (Å²) in [6.07, 6.45) is 1.47. The molecule has 11 heteroatoms. The van der Waals surface area contributed by atoms with E-state index < -0.39 is 16.7 Å². The zero-order chi connectivity index (χ0) is 27.1. The number of amides is 2. The van der Waals surface area contributed by atoms with Gasteiger partial charge in [-0.15, -0.1) is 0 Å². The molecule has 1 fully saturated rings.